The number of likely N-dealkylation sites (tertiary alicyclic amines) is 1. The van der Waals surface area contributed by atoms with E-state index >= 15 is 0 Å². The van der Waals surface area contributed by atoms with E-state index < -0.39 is 15.8 Å². The van der Waals surface area contributed by atoms with Crippen molar-refractivity contribution in [3.05, 3.63) is 24.0 Å². The van der Waals surface area contributed by atoms with E-state index in [0.717, 1.165) is 25.7 Å². The topological polar surface area (TPSA) is 75.4 Å². The molecule has 20 heavy (non-hydrogen) atoms. The average Bonchev–Trinajstić information content (AvgIpc) is 2.40. The molecular formula is C13H20FN3O2S. The van der Waals surface area contributed by atoms with E-state index in [0.29, 0.717) is 12.2 Å². The number of hydrogen-bond donors (Lipinski definition) is 2. The maximum Gasteiger partial charge on any atom is 0.238 e. The van der Waals surface area contributed by atoms with Gasteiger partial charge in [-0.2, -0.15) is 0 Å². The summed E-state index contributed by atoms with van der Waals surface area (Å²) in [5.74, 6) is -0.602. The Labute approximate surface area is 119 Å². The number of nitrogens with zero attached hydrogens (tertiary/aromatic N) is 1. The zero-order valence-electron chi connectivity index (χ0n) is 11.3. The van der Waals surface area contributed by atoms with Crippen LogP contribution in [0.2, 0.25) is 0 Å². The van der Waals surface area contributed by atoms with Gasteiger partial charge in [-0.1, -0.05) is 6.42 Å². The molecule has 0 aromatic heterocycles. The lowest BCUT2D eigenvalue weighted by molar-refractivity contribution is 0.237. The maximum atomic E-state index is 13.7. The largest absolute Gasteiger partial charge is 0.381 e. The second kappa shape index (κ2) is 6.51. The normalized spacial score (nSPS) is 17.1. The van der Waals surface area contributed by atoms with Crippen LogP contribution in [0.1, 0.15) is 19.3 Å². The van der Waals surface area contributed by atoms with Crippen molar-refractivity contribution >= 4 is 15.7 Å². The van der Waals surface area contributed by atoms with E-state index in [-0.39, 0.29) is 4.90 Å². The molecule has 0 unspecified atom stereocenters. The number of primary sulfonamides is 1. The van der Waals surface area contributed by atoms with Crippen LogP contribution in [-0.2, 0) is 10.0 Å². The van der Waals surface area contributed by atoms with Crippen LogP contribution in [0.25, 0.3) is 0 Å². The van der Waals surface area contributed by atoms with Crippen LogP contribution < -0.4 is 10.5 Å². The predicted octanol–water partition coefficient (Wildman–Crippen LogP) is 1.37. The molecule has 1 aliphatic rings. The maximum absolute atomic E-state index is 13.7. The van der Waals surface area contributed by atoms with Gasteiger partial charge in [0.1, 0.15) is 5.82 Å². The van der Waals surface area contributed by atoms with Gasteiger partial charge in [0.15, 0.2) is 0 Å². The SMILES string of the molecule is NS(=O)(=O)c1ccc(NCCN2CCCCC2)c(F)c1. The van der Waals surface area contributed by atoms with Gasteiger partial charge in [-0.25, -0.2) is 17.9 Å². The summed E-state index contributed by atoms with van der Waals surface area (Å²) in [6, 6.07) is 3.66. The zero-order valence-corrected chi connectivity index (χ0v) is 12.1. The molecule has 0 atom stereocenters. The molecule has 0 radical (unpaired) electrons. The van der Waals surface area contributed by atoms with Crippen molar-refractivity contribution in [2.24, 2.45) is 5.14 Å². The first-order valence-electron chi connectivity index (χ1n) is 6.75. The third kappa shape index (κ3) is 4.16. The summed E-state index contributed by atoms with van der Waals surface area (Å²) < 4.78 is 36.0. The van der Waals surface area contributed by atoms with E-state index in [9.17, 15) is 12.8 Å². The van der Waals surface area contributed by atoms with Crippen molar-refractivity contribution in [2.75, 3.05) is 31.5 Å². The van der Waals surface area contributed by atoms with Crippen molar-refractivity contribution in [1.29, 1.82) is 0 Å². The Morgan fingerprint density at radius 3 is 2.55 bits per heavy atom. The lowest BCUT2D eigenvalue weighted by Crippen LogP contribution is -2.33. The molecule has 0 aliphatic carbocycles. The Morgan fingerprint density at radius 2 is 1.95 bits per heavy atom. The second-order valence-corrected chi connectivity index (χ2v) is 6.58. The average molecular weight is 301 g/mol. The van der Waals surface area contributed by atoms with E-state index in [1.807, 2.05) is 0 Å². The van der Waals surface area contributed by atoms with Crippen LogP contribution in [0.3, 0.4) is 0 Å². The minimum absolute atomic E-state index is 0.211. The highest BCUT2D eigenvalue weighted by atomic mass is 32.2. The fourth-order valence-corrected chi connectivity index (χ4v) is 2.87. The number of nitrogens with two attached hydrogens (primary N) is 1. The highest BCUT2D eigenvalue weighted by Gasteiger charge is 2.12. The molecular weight excluding hydrogens is 281 g/mol. The summed E-state index contributed by atoms with van der Waals surface area (Å²) in [4.78, 5) is 2.13. The van der Waals surface area contributed by atoms with Crippen molar-refractivity contribution in [1.82, 2.24) is 4.90 Å². The molecule has 0 amide bonds. The molecule has 0 saturated carbocycles. The number of piperidine rings is 1. The number of nitrogens with one attached hydrogen (secondary N) is 1. The molecule has 2 rings (SSSR count). The number of anilines is 1. The molecule has 1 saturated heterocycles. The number of benzene rings is 1. The van der Waals surface area contributed by atoms with Crippen molar-refractivity contribution < 1.29 is 12.8 Å². The van der Waals surface area contributed by atoms with Crippen molar-refractivity contribution in [2.45, 2.75) is 24.2 Å². The summed E-state index contributed by atoms with van der Waals surface area (Å²) in [7, 11) is -3.86. The number of halogens is 1. The molecule has 1 fully saturated rings. The van der Waals surface area contributed by atoms with Crippen LogP contribution in [0.4, 0.5) is 10.1 Å². The fraction of sp³-hybridized carbons (Fsp3) is 0.538. The molecule has 1 aromatic rings. The number of rotatable bonds is 5. The summed E-state index contributed by atoms with van der Waals surface area (Å²) in [6.07, 6.45) is 3.72. The Hall–Kier alpha value is -1.18. The molecule has 112 valence electrons. The lowest BCUT2D eigenvalue weighted by Gasteiger charge is -2.26. The highest BCUT2D eigenvalue weighted by molar-refractivity contribution is 7.89. The summed E-state index contributed by atoms with van der Waals surface area (Å²) in [5, 5.41) is 7.94. The fourth-order valence-electron chi connectivity index (χ4n) is 2.35. The van der Waals surface area contributed by atoms with Crippen LogP contribution in [0.5, 0.6) is 0 Å². The Balaban J connectivity index is 1.90. The molecule has 0 spiro atoms. The summed E-state index contributed by atoms with van der Waals surface area (Å²) in [5.41, 5.74) is 0.300. The van der Waals surface area contributed by atoms with E-state index in [4.69, 9.17) is 5.14 Å². The van der Waals surface area contributed by atoms with Crippen LogP contribution >= 0.6 is 0 Å². The van der Waals surface area contributed by atoms with Gasteiger partial charge in [-0.15, -0.1) is 0 Å². The number of sulfonamides is 1. The quantitative estimate of drug-likeness (QED) is 0.861. The monoisotopic (exact) mass is 301 g/mol. The Kier molecular flexibility index (Phi) is 4.95. The Bertz CT molecular complexity index is 557. The zero-order chi connectivity index (χ0) is 14.6. The lowest BCUT2D eigenvalue weighted by atomic mass is 10.1. The van der Waals surface area contributed by atoms with Gasteiger partial charge in [0.2, 0.25) is 10.0 Å². The van der Waals surface area contributed by atoms with Gasteiger partial charge >= 0.3 is 0 Å². The standard InChI is InChI=1S/C13H20FN3O2S/c14-12-10-11(20(15,18)19)4-5-13(12)16-6-9-17-7-2-1-3-8-17/h4-5,10,16H,1-3,6-9H2,(H2,15,18,19). The van der Waals surface area contributed by atoms with Gasteiger partial charge in [-0.3, -0.25) is 0 Å². The van der Waals surface area contributed by atoms with Gasteiger partial charge in [0.05, 0.1) is 10.6 Å². The minimum atomic E-state index is -3.86. The van der Waals surface area contributed by atoms with Gasteiger partial charge in [-0.05, 0) is 44.1 Å². The molecule has 5 nitrogen and oxygen atoms in total. The third-order valence-electron chi connectivity index (χ3n) is 3.46. The first kappa shape index (κ1) is 15.2. The van der Waals surface area contributed by atoms with Gasteiger partial charge in [0.25, 0.3) is 0 Å². The smallest absolute Gasteiger partial charge is 0.238 e. The first-order valence-corrected chi connectivity index (χ1v) is 8.30. The van der Waals surface area contributed by atoms with Crippen molar-refractivity contribution in [3.8, 4) is 0 Å². The minimum Gasteiger partial charge on any atom is -0.381 e. The second-order valence-electron chi connectivity index (χ2n) is 5.02. The van der Waals surface area contributed by atoms with E-state index in [1.165, 1.54) is 31.4 Å². The van der Waals surface area contributed by atoms with Crippen LogP contribution in [0.15, 0.2) is 23.1 Å². The molecule has 1 aliphatic heterocycles. The predicted molar refractivity (Wildman–Crippen MR) is 76.6 cm³/mol. The highest BCUT2D eigenvalue weighted by Crippen LogP contribution is 2.18. The third-order valence-corrected chi connectivity index (χ3v) is 4.37. The molecule has 0 bridgehead atoms. The van der Waals surface area contributed by atoms with Crippen LogP contribution in [0, 0.1) is 5.82 Å². The molecule has 1 aromatic carbocycles. The summed E-state index contributed by atoms with van der Waals surface area (Å²) in [6.45, 7) is 3.67. The summed E-state index contributed by atoms with van der Waals surface area (Å²) >= 11 is 0. The van der Waals surface area contributed by atoms with E-state index in [1.54, 1.807) is 0 Å². The van der Waals surface area contributed by atoms with Gasteiger partial charge < -0.3 is 10.2 Å². The molecule has 3 N–H and O–H groups in total. The Morgan fingerprint density at radius 1 is 1.25 bits per heavy atom. The van der Waals surface area contributed by atoms with Gasteiger partial charge in [0, 0.05) is 13.1 Å². The van der Waals surface area contributed by atoms with E-state index in [2.05, 4.69) is 10.2 Å². The molecule has 1 heterocycles. The van der Waals surface area contributed by atoms with Crippen molar-refractivity contribution in [3.63, 3.8) is 0 Å². The number of hydrogen-bond acceptors (Lipinski definition) is 4. The molecule has 7 heteroatoms. The first-order chi connectivity index (χ1) is 9.47. The van der Waals surface area contributed by atoms with Crippen LogP contribution in [-0.4, -0.2) is 39.5 Å².